The molecule has 0 bridgehead atoms. The summed E-state index contributed by atoms with van der Waals surface area (Å²) < 4.78 is 5.03. The van der Waals surface area contributed by atoms with Crippen molar-refractivity contribution in [3.8, 4) is 5.75 Å². The summed E-state index contributed by atoms with van der Waals surface area (Å²) in [4.78, 5) is 10.3. The van der Waals surface area contributed by atoms with Gasteiger partial charge in [0, 0.05) is 11.7 Å². The zero-order valence-electron chi connectivity index (χ0n) is 9.56. The maximum absolute atomic E-state index is 10.3. The quantitative estimate of drug-likeness (QED) is 0.777. The summed E-state index contributed by atoms with van der Waals surface area (Å²) >= 11 is 0. The molecule has 88 valence electrons. The lowest BCUT2D eigenvalue weighted by molar-refractivity contribution is -0.139. The van der Waals surface area contributed by atoms with Gasteiger partial charge in [-0.3, -0.25) is 0 Å². The van der Waals surface area contributed by atoms with Crippen LogP contribution in [-0.2, 0) is 4.79 Å². The van der Waals surface area contributed by atoms with Crippen molar-refractivity contribution < 1.29 is 14.6 Å². The molecule has 0 aliphatic rings. The van der Waals surface area contributed by atoms with Gasteiger partial charge < -0.3 is 15.2 Å². The Hall–Kier alpha value is -1.71. The van der Waals surface area contributed by atoms with E-state index < -0.39 is 5.97 Å². The first-order valence-corrected chi connectivity index (χ1v) is 5.33. The third-order valence-corrected chi connectivity index (χ3v) is 2.24. The molecule has 0 saturated carbocycles. The molecule has 0 radical (unpaired) electrons. The number of hydrogen-bond donors (Lipinski definition) is 2. The summed E-state index contributed by atoms with van der Waals surface area (Å²) in [5.74, 6) is -0.404. The number of carbonyl (C=O) groups is 1. The van der Waals surface area contributed by atoms with Crippen molar-refractivity contribution in [3.63, 3.8) is 0 Å². The molecule has 1 aromatic carbocycles. The minimum atomic E-state index is -0.971. The second-order valence-corrected chi connectivity index (χ2v) is 3.66. The Bertz CT molecular complexity index is 335. The Balaban J connectivity index is 2.50. The van der Waals surface area contributed by atoms with Gasteiger partial charge in [0.05, 0.1) is 0 Å². The highest BCUT2D eigenvalue weighted by Gasteiger charge is 2.01. The van der Waals surface area contributed by atoms with Crippen molar-refractivity contribution in [2.45, 2.75) is 26.3 Å². The molecule has 0 aromatic heterocycles. The number of benzene rings is 1. The molecule has 0 aliphatic carbocycles. The van der Waals surface area contributed by atoms with Crippen LogP contribution in [0, 0.1) is 0 Å². The van der Waals surface area contributed by atoms with Gasteiger partial charge in [0.15, 0.2) is 6.61 Å². The van der Waals surface area contributed by atoms with Crippen LogP contribution in [0.3, 0.4) is 0 Å². The number of hydrogen-bond acceptors (Lipinski definition) is 3. The third-order valence-electron chi connectivity index (χ3n) is 2.24. The van der Waals surface area contributed by atoms with Crippen LogP contribution in [0.2, 0.25) is 0 Å². The van der Waals surface area contributed by atoms with Crippen molar-refractivity contribution in [1.29, 1.82) is 0 Å². The molecule has 1 unspecified atom stereocenters. The van der Waals surface area contributed by atoms with E-state index in [4.69, 9.17) is 9.84 Å². The lowest BCUT2D eigenvalue weighted by Crippen LogP contribution is -2.13. The van der Waals surface area contributed by atoms with Crippen molar-refractivity contribution in [1.82, 2.24) is 0 Å². The standard InChI is InChI=1S/C12H17NO3/c1-3-9(2)13-10-4-6-11(7-5-10)16-8-12(14)15/h4-7,9,13H,3,8H2,1-2H3,(H,14,15). The van der Waals surface area contributed by atoms with Crippen molar-refractivity contribution in [2.75, 3.05) is 11.9 Å². The van der Waals surface area contributed by atoms with Crippen LogP contribution in [0.1, 0.15) is 20.3 Å². The van der Waals surface area contributed by atoms with Crippen LogP contribution < -0.4 is 10.1 Å². The Labute approximate surface area is 95.2 Å². The molecule has 0 spiro atoms. The van der Waals surface area contributed by atoms with E-state index in [1.165, 1.54) is 0 Å². The minimum absolute atomic E-state index is 0.307. The number of carboxylic acid groups (broad SMARTS) is 1. The molecule has 0 aliphatic heterocycles. The molecule has 16 heavy (non-hydrogen) atoms. The summed E-state index contributed by atoms with van der Waals surface area (Å²) in [6.45, 7) is 3.91. The van der Waals surface area contributed by atoms with E-state index in [-0.39, 0.29) is 6.61 Å². The second kappa shape index (κ2) is 6.00. The van der Waals surface area contributed by atoms with Crippen molar-refractivity contribution in [2.24, 2.45) is 0 Å². The largest absolute Gasteiger partial charge is 0.482 e. The molecule has 0 fully saturated rings. The molecule has 4 heteroatoms. The van der Waals surface area contributed by atoms with Gasteiger partial charge in [0.2, 0.25) is 0 Å². The van der Waals surface area contributed by atoms with Gasteiger partial charge >= 0.3 is 5.97 Å². The average molecular weight is 223 g/mol. The summed E-state index contributed by atoms with van der Waals surface area (Å²) in [5.41, 5.74) is 1.01. The summed E-state index contributed by atoms with van der Waals surface area (Å²) in [7, 11) is 0. The lowest BCUT2D eigenvalue weighted by Gasteiger charge is -2.13. The van der Waals surface area contributed by atoms with Gasteiger partial charge in [-0.2, -0.15) is 0 Å². The second-order valence-electron chi connectivity index (χ2n) is 3.66. The lowest BCUT2D eigenvalue weighted by atomic mass is 10.2. The van der Waals surface area contributed by atoms with Crippen LogP contribution in [0.5, 0.6) is 5.75 Å². The molecular formula is C12H17NO3. The van der Waals surface area contributed by atoms with Crippen LogP contribution >= 0.6 is 0 Å². The fourth-order valence-corrected chi connectivity index (χ4v) is 1.18. The Morgan fingerprint density at radius 3 is 2.56 bits per heavy atom. The molecule has 0 amide bonds. The van der Waals surface area contributed by atoms with E-state index in [1.807, 2.05) is 12.1 Å². The molecular weight excluding hydrogens is 206 g/mol. The maximum Gasteiger partial charge on any atom is 0.341 e. The molecule has 4 nitrogen and oxygen atoms in total. The predicted molar refractivity (Wildman–Crippen MR) is 62.9 cm³/mol. The molecule has 0 heterocycles. The summed E-state index contributed by atoms with van der Waals surface area (Å²) in [6.07, 6.45) is 1.05. The van der Waals surface area contributed by atoms with Crippen LogP contribution in [0.25, 0.3) is 0 Å². The zero-order valence-corrected chi connectivity index (χ0v) is 9.56. The van der Waals surface area contributed by atoms with Gasteiger partial charge in [0.1, 0.15) is 5.75 Å². The number of ether oxygens (including phenoxy) is 1. The van der Waals surface area contributed by atoms with E-state index >= 15 is 0 Å². The number of anilines is 1. The van der Waals surface area contributed by atoms with Gasteiger partial charge in [-0.05, 0) is 37.6 Å². The topological polar surface area (TPSA) is 58.6 Å². The molecule has 1 atom stereocenters. The van der Waals surface area contributed by atoms with Crippen LogP contribution in [0.15, 0.2) is 24.3 Å². The fraction of sp³-hybridized carbons (Fsp3) is 0.417. The predicted octanol–water partition coefficient (Wildman–Crippen LogP) is 2.36. The number of rotatable bonds is 6. The molecule has 1 rings (SSSR count). The minimum Gasteiger partial charge on any atom is -0.482 e. The fourth-order valence-electron chi connectivity index (χ4n) is 1.18. The van der Waals surface area contributed by atoms with E-state index in [2.05, 4.69) is 19.2 Å². The van der Waals surface area contributed by atoms with Crippen LogP contribution in [0.4, 0.5) is 5.69 Å². The highest BCUT2D eigenvalue weighted by Crippen LogP contribution is 2.16. The molecule has 1 aromatic rings. The monoisotopic (exact) mass is 223 g/mol. The summed E-state index contributed by atoms with van der Waals surface area (Å²) in [5, 5.41) is 11.8. The van der Waals surface area contributed by atoms with Crippen LogP contribution in [-0.4, -0.2) is 23.7 Å². The van der Waals surface area contributed by atoms with Gasteiger partial charge in [-0.25, -0.2) is 4.79 Å². The normalized spacial score (nSPS) is 11.9. The molecule has 2 N–H and O–H groups in total. The van der Waals surface area contributed by atoms with Crippen molar-refractivity contribution in [3.05, 3.63) is 24.3 Å². The van der Waals surface area contributed by atoms with Gasteiger partial charge in [-0.15, -0.1) is 0 Å². The van der Waals surface area contributed by atoms with Gasteiger partial charge in [-0.1, -0.05) is 6.92 Å². The van der Waals surface area contributed by atoms with E-state index in [0.717, 1.165) is 12.1 Å². The first kappa shape index (κ1) is 12.4. The zero-order chi connectivity index (χ0) is 12.0. The number of aliphatic carboxylic acids is 1. The average Bonchev–Trinajstić information content (AvgIpc) is 2.28. The smallest absolute Gasteiger partial charge is 0.341 e. The summed E-state index contributed by atoms with van der Waals surface area (Å²) in [6, 6.07) is 7.69. The van der Waals surface area contributed by atoms with E-state index in [0.29, 0.717) is 11.8 Å². The first-order chi connectivity index (χ1) is 7.61. The maximum atomic E-state index is 10.3. The number of nitrogens with one attached hydrogen (secondary N) is 1. The van der Waals surface area contributed by atoms with E-state index in [1.54, 1.807) is 12.1 Å². The highest BCUT2D eigenvalue weighted by atomic mass is 16.5. The Morgan fingerprint density at radius 1 is 1.44 bits per heavy atom. The Kier molecular flexibility index (Phi) is 4.64. The van der Waals surface area contributed by atoms with Crippen molar-refractivity contribution >= 4 is 11.7 Å². The number of carboxylic acids is 1. The Morgan fingerprint density at radius 2 is 2.06 bits per heavy atom. The SMILES string of the molecule is CCC(C)Nc1ccc(OCC(=O)O)cc1. The van der Waals surface area contributed by atoms with Gasteiger partial charge in [0.25, 0.3) is 0 Å². The van der Waals surface area contributed by atoms with E-state index in [9.17, 15) is 4.79 Å². The third kappa shape index (κ3) is 4.21. The highest BCUT2D eigenvalue weighted by molar-refractivity contribution is 5.68. The first-order valence-electron chi connectivity index (χ1n) is 5.33. The molecule has 0 saturated heterocycles.